The van der Waals surface area contributed by atoms with E-state index in [9.17, 15) is 0 Å². The Balaban J connectivity index is 1.96. The molecule has 6 heteroatoms. The number of anilines is 1. The third-order valence-corrected chi connectivity index (χ3v) is 3.03. The average molecular weight is 258 g/mol. The van der Waals surface area contributed by atoms with E-state index in [0.29, 0.717) is 16.5 Å². The first-order chi connectivity index (χ1) is 8.78. The van der Waals surface area contributed by atoms with Crippen molar-refractivity contribution in [2.75, 3.05) is 4.90 Å². The van der Waals surface area contributed by atoms with Gasteiger partial charge in [-0.25, -0.2) is 4.98 Å². The van der Waals surface area contributed by atoms with Gasteiger partial charge >= 0.3 is 0 Å². The molecule has 2 aliphatic rings. The van der Waals surface area contributed by atoms with Crippen molar-refractivity contribution in [2.24, 2.45) is 4.99 Å². The lowest BCUT2D eigenvalue weighted by atomic mass is 9.99. The van der Waals surface area contributed by atoms with E-state index in [1.807, 2.05) is 17.1 Å². The maximum absolute atomic E-state index is 8.93. The summed E-state index contributed by atoms with van der Waals surface area (Å²) in [6.45, 7) is 0. The maximum Gasteiger partial charge on any atom is 0.154 e. The Labute approximate surface area is 109 Å². The topological polar surface area (TPSA) is 65.2 Å². The van der Waals surface area contributed by atoms with E-state index >= 15 is 0 Å². The molecule has 5 nitrogen and oxygen atoms in total. The Morgan fingerprint density at radius 2 is 2.28 bits per heavy atom. The predicted molar refractivity (Wildman–Crippen MR) is 68.4 cm³/mol. The van der Waals surface area contributed by atoms with Crippen LogP contribution in [-0.4, -0.2) is 28.4 Å². The van der Waals surface area contributed by atoms with Gasteiger partial charge in [0.25, 0.3) is 0 Å². The van der Waals surface area contributed by atoms with Crippen molar-refractivity contribution in [2.45, 2.75) is 12.1 Å². The van der Waals surface area contributed by atoms with Gasteiger partial charge in [0.05, 0.1) is 36.9 Å². The molecule has 0 amide bonds. The fourth-order valence-electron chi connectivity index (χ4n) is 2.01. The van der Waals surface area contributed by atoms with Crippen LogP contribution in [0.15, 0.2) is 41.2 Å². The van der Waals surface area contributed by atoms with Crippen molar-refractivity contribution in [1.29, 1.82) is 5.26 Å². The van der Waals surface area contributed by atoms with Gasteiger partial charge in [-0.15, -0.1) is 0 Å². The fraction of sp³-hybridized carbons (Fsp3) is 0.167. The van der Waals surface area contributed by atoms with E-state index in [1.165, 1.54) is 6.20 Å². The fourth-order valence-corrected chi connectivity index (χ4v) is 2.15. The van der Waals surface area contributed by atoms with E-state index in [1.54, 1.807) is 18.6 Å². The second-order valence-corrected chi connectivity index (χ2v) is 4.33. The van der Waals surface area contributed by atoms with Crippen LogP contribution < -0.4 is 4.90 Å². The monoisotopic (exact) mass is 257 g/mol. The van der Waals surface area contributed by atoms with Crippen LogP contribution >= 0.6 is 11.6 Å². The van der Waals surface area contributed by atoms with Crippen LogP contribution in [0.1, 0.15) is 0 Å². The van der Waals surface area contributed by atoms with Gasteiger partial charge < -0.3 is 4.90 Å². The summed E-state index contributed by atoms with van der Waals surface area (Å²) in [6, 6.07) is 2.12. The quantitative estimate of drug-likeness (QED) is 0.769. The standard InChI is InChI=1S/C12H8ClN5/c13-11-5-15-6-12(17-11)18-7-16-9-2-1-8(4-14)3-10(9)18/h1-3,5-7,9-10H. The summed E-state index contributed by atoms with van der Waals surface area (Å²) in [5, 5.41) is 9.27. The second kappa shape index (κ2) is 4.24. The summed E-state index contributed by atoms with van der Waals surface area (Å²) in [6.07, 6.45) is 10.4. The molecule has 0 saturated heterocycles. The van der Waals surface area contributed by atoms with Gasteiger partial charge in [0.2, 0.25) is 0 Å². The minimum Gasteiger partial charge on any atom is -0.307 e. The van der Waals surface area contributed by atoms with Crippen LogP contribution in [0.2, 0.25) is 5.15 Å². The smallest absolute Gasteiger partial charge is 0.154 e. The number of rotatable bonds is 1. The molecule has 0 spiro atoms. The minimum absolute atomic E-state index is 0.0166. The Bertz CT molecular complexity index is 613. The average Bonchev–Trinajstić information content (AvgIpc) is 2.81. The number of hydrogen-bond acceptors (Lipinski definition) is 5. The van der Waals surface area contributed by atoms with Gasteiger partial charge in [-0.3, -0.25) is 9.98 Å². The highest BCUT2D eigenvalue weighted by Gasteiger charge is 2.31. The van der Waals surface area contributed by atoms with Crippen molar-refractivity contribution in [3.8, 4) is 6.07 Å². The van der Waals surface area contributed by atoms with Crippen molar-refractivity contribution in [3.63, 3.8) is 0 Å². The number of nitrogens with zero attached hydrogens (tertiary/aromatic N) is 5. The van der Waals surface area contributed by atoms with E-state index in [4.69, 9.17) is 16.9 Å². The lowest BCUT2D eigenvalue weighted by Gasteiger charge is -2.25. The molecule has 2 atom stereocenters. The molecule has 0 radical (unpaired) electrons. The summed E-state index contributed by atoms with van der Waals surface area (Å²) in [5.74, 6) is 0.627. The summed E-state index contributed by atoms with van der Waals surface area (Å²) in [7, 11) is 0. The highest BCUT2D eigenvalue weighted by Crippen LogP contribution is 2.26. The molecule has 1 aliphatic heterocycles. The Morgan fingerprint density at radius 3 is 3.06 bits per heavy atom. The molecule has 0 fully saturated rings. The summed E-state index contributed by atoms with van der Waals surface area (Å²) < 4.78 is 0. The molecule has 88 valence electrons. The molecule has 0 bridgehead atoms. The Hall–Kier alpha value is -2.19. The van der Waals surface area contributed by atoms with E-state index in [-0.39, 0.29) is 12.1 Å². The van der Waals surface area contributed by atoms with Crippen LogP contribution in [-0.2, 0) is 0 Å². The number of fused-ring (bicyclic) bond motifs is 1. The van der Waals surface area contributed by atoms with Crippen LogP contribution in [0.4, 0.5) is 5.82 Å². The molecular formula is C12H8ClN5. The summed E-state index contributed by atoms with van der Waals surface area (Å²) >= 11 is 5.83. The molecule has 0 aromatic carbocycles. The van der Waals surface area contributed by atoms with Crippen LogP contribution in [0.3, 0.4) is 0 Å². The molecule has 3 rings (SSSR count). The number of nitriles is 1. The van der Waals surface area contributed by atoms with Crippen LogP contribution in [0, 0.1) is 11.3 Å². The summed E-state index contributed by atoms with van der Waals surface area (Å²) in [4.78, 5) is 14.4. The zero-order valence-corrected chi connectivity index (χ0v) is 9.99. The second-order valence-electron chi connectivity index (χ2n) is 3.95. The minimum atomic E-state index is -0.0302. The van der Waals surface area contributed by atoms with Gasteiger partial charge in [0, 0.05) is 5.57 Å². The normalized spacial score (nSPS) is 24.7. The summed E-state index contributed by atoms with van der Waals surface area (Å²) in [5.41, 5.74) is 0.627. The Morgan fingerprint density at radius 1 is 1.39 bits per heavy atom. The van der Waals surface area contributed by atoms with Crippen molar-refractivity contribution < 1.29 is 0 Å². The van der Waals surface area contributed by atoms with Gasteiger partial charge in [0.15, 0.2) is 5.82 Å². The molecule has 0 N–H and O–H groups in total. The van der Waals surface area contributed by atoms with Crippen LogP contribution in [0.5, 0.6) is 0 Å². The van der Waals surface area contributed by atoms with Crippen molar-refractivity contribution in [3.05, 3.63) is 41.3 Å². The molecule has 18 heavy (non-hydrogen) atoms. The first kappa shape index (κ1) is 10.9. The third-order valence-electron chi connectivity index (χ3n) is 2.84. The molecule has 1 aliphatic carbocycles. The van der Waals surface area contributed by atoms with Gasteiger partial charge in [-0.1, -0.05) is 17.7 Å². The predicted octanol–water partition coefficient (Wildman–Crippen LogP) is 1.74. The Kier molecular flexibility index (Phi) is 2.58. The van der Waals surface area contributed by atoms with Crippen molar-refractivity contribution >= 4 is 23.8 Å². The zero-order chi connectivity index (χ0) is 12.5. The van der Waals surface area contributed by atoms with E-state index in [0.717, 1.165) is 0 Å². The zero-order valence-electron chi connectivity index (χ0n) is 9.23. The first-order valence-electron chi connectivity index (χ1n) is 5.37. The van der Waals surface area contributed by atoms with Gasteiger partial charge in [0.1, 0.15) is 5.15 Å². The number of aliphatic imine (C=N–C) groups is 1. The molecule has 2 heterocycles. The largest absolute Gasteiger partial charge is 0.307 e. The van der Waals surface area contributed by atoms with Crippen molar-refractivity contribution in [1.82, 2.24) is 9.97 Å². The lowest BCUT2D eigenvalue weighted by Crippen LogP contribution is -2.36. The molecule has 1 aromatic heterocycles. The van der Waals surface area contributed by atoms with E-state index in [2.05, 4.69) is 21.0 Å². The van der Waals surface area contributed by atoms with Gasteiger partial charge in [-0.2, -0.15) is 5.26 Å². The maximum atomic E-state index is 8.93. The highest BCUT2D eigenvalue weighted by molar-refractivity contribution is 6.29. The molecule has 2 unspecified atom stereocenters. The number of aromatic nitrogens is 2. The number of halogens is 1. The van der Waals surface area contributed by atoms with Gasteiger partial charge in [-0.05, 0) is 12.2 Å². The molecule has 0 saturated carbocycles. The number of allylic oxidation sites excluding steroid dienone is 2. The van der Waals surface area contributed by atoms with Crippen LogP contribution in [0.25, 0.3) is 0 Å². The molecule has 1 aromatic rings. The number of hydrogen-bond donors (Lipinski definition) is 0. The third kappa shape index (κ3) is 1.77. The lowest BCUT2D eigenvalue weighted by molar-refractivity contribution is 0.730. The highest BCUT2D eigenvalue weighted by atomic mass is 35.5. The molecular weight excluding hydrogens is 250 g/mol. The first-order valence-corrected chi connectivity index (χ1v) is 5.75. The van der Waals surface area contributed by atoms with E-state index < -0.39 is 0 Å². The SMILES string of the molecule is N#CC1=CC2C(C=C1)N=CN2c1cncc(Cl)n1.